The molecule has 108 valence electrons. The lowest BCUT2D eigenvalue weighted by atomic mass is 10.1. The molecule has 0 saturated heterocycles. The molecule has 0 radical (unpaired) electrons. The van der Waals surface area contributed by atoms with Gasteiger partial charge in [-0.1, -0.05) is 12.1 Å². The van der Waals surface area contributed by atoms with Crippen molar-refractivity contribution >= 4 is 10.0 Å². The van der Waals surface area contributed by atoms with E-state index in [0.717, 1.165) is 5.56 Å². The van der Waals surface area contributed by atoms with Gasteiger partial charge in [0.15, 0.2) is 0 Å². The van der Waals surface area contributed by atoms with Crippen molar-refractivity contribution in [2.75, 3.05) is 13.7 Å². The molecule has 3 N–H and O–H groups in total. The molecule has 5 nitrogen and oxygen atoms in total. The number of benzene rings is 1. The Labute approximate surface area is 115 Å². The van der Waals surface area contributed by atoms with E-state index >= 15 is 0 Å². The molecule has 1 aromatic carbocycles. The Morgan fingerprint density at radius 3 is 2.26 bits per heavy atom. The second kappa shape index (κ2) is 6.00. The molecule has 0 bridgehead atoms. The molecule has 1 atom stereocenters. The largest absolute Gasteiger partial charge is 0.377 e. The van der Waals surface area contributed by atoms with Crippen molar-refractivity contribution in [3.8, 4) is 0 Å². The maximum atomic E-state index is 12.1. The Morgan fingerprint density at radius 1 is 1.32 bits per heavy atom. The monoisotopic (exact) mass is 286 g/mol. The van der Waals surface area contributed by atoms with Gasteiger partial charge in [0, 0.05) is 19.7 Å². The van der Waals surface area contributed by atoms with E-state index in [9.17, 15) is 8.42 Å². The number of ether oxygens (including phenoxy) is 1. The first-order valence-electron chi connectivity index (χ1n) is 6.08. The Balaban J connectivity index is 2.83. The lowest BCUT2D eigenvalue weighted by Gasteiger charge is -2.23. The van der Waals surface area contributed by atoms with Crippen LogP contribution < -0.4 is 10.5 Å². The smallest absolute Gasteiger partial charge is 0.240 e. The highest BCUT2D eigenvalue weighted by molar-refractivity contribution is 7.89. The molecule has 0 aromatic heterocycles. The van der Waals surface area contributed by atoms with Crippen LogP contribution in [0.4, 0.5) is 0 Å². The Bertz CT molecular complexity index is 507. The van der Waals surface area contributed by atoms with Gasteiger partial charge in [-0.25, -0.2) is 13.1 Å². The highest BCUT2D eigenvalue weighted by Crippen LogP contribution is 2.15. The quantitative estimate of drug-likeness (QED) is 0.828. The summed E-state index contributed by atoms with van der Waals surface area (Å²) in [6, 6.07) is 6.44. The van der Waals surface area contributed by atoms with Crippen LogP contribution in [0.2, 0.25) is 0 Å². The van der Waals surface area contributed by atoms with E-state index in [0.29, 0.717) is 0 Å². The number of sulfonamides is 1. The standard InChI is InChI=1S/C13H22N2O3S/c1-10(14)11-5-7-12(8-6-11)19(16,17)15-9-13(2,3)18-4/h5-8,10,15H,9,14H2,1-4H3. The van der Waals surface area contributed by atoms with Crippen molar-refractivity contribution in [2.24, 2.45) is 5.73 Å². The summed E-state index contributed by atoms with van der Waals surface area (Å²) in [5.74, 6) is 0. The first-order chi connectivity index (χ1) is 8.68. The SMILES string of the molecule is COC(C)(C)CNS(=O)(=O)c1ccc(C(C)N)cc1. The summed E-state index contributed by atoms with van der Waals surface area (Å²) in [5.41, 5.74) is 6.08. The van der Waals surface area contributed by atoms with Gasteiger partial charge in [-0.2, -0.15) is 0 Å². The minimum Gasteiger partial charge on any atom is -0.377 e. The van der Waals surface area contributed by atoms with Gasteiger partial charge in [0.1, 0.15) is 0 Å². The second-order valence-electron chi connectivity index (χ2n) is 5.15. The molecule has 0 aliphatic heterocycles. The van der Waals surface area contributed by atoms with Crippen LogP contribution >= 0.6 is 0 Å². The molecule has 0 heterocycles. The summed E-state index contributed by atoms with van der Waals surface area (Å²) < 4.78 is 31.9. The van der Waals surface area contributed by atoms with Crippen molar-refractivity contribution in [2.45, 2.75) is 37.3 Å². The molecule has 19 heavy (non-hydrogen) atoms. The summed E-state index contributed by atoms with van der Waals surface area (Å²) in [4.78, 5) is 0.226. The molecule has 0 saturated carbocycles. The molecule has 0 aliphatic carbocycles. The number of rotatable bonds is 6. The van der Waals surface area contributed by atoms with Crippen LogP contribution in [-0.2, 0) is 14.8 Å². The minimum absolute atomic E-state index is 0.114. The van der Waals surface area contributed by atoms with Crippen molar-refractivity contribution in [3.05, 3.63) is 29.8 Å². The van der Waals surface area contributed by atoms with E-state index in [1.165, 1.54) is 0 Å². The van der Waals surface area contributed by atoms with E-state index in [-0.39, 0.29) is 17.5 Å². The van der Waals surface area contributed by atoms with Crippen LogP contribution in [-0.4, -0.2) is 27.7 Å². The van der Waals surface area contributed by atoms with E-state index < -0.39 is 15.6 Å². The fourth-order valence-electron chi connectivity index (χ4n) is 1.37. The van der Waals surface area contributed by atoms with Gasteiger partial charge in [0.2, 0.25) is 10.0 Å². The van der Waals surface area contributed by atoms with Crippen LogP contribution in [0.3, 0.4) is 0 Å². The molecular formula is C13H22N2O3S. The highest BCUT2D eigenvalue weighted by atomic mass is 32.2. The predicted molar refractivity (Wildman–Crippen MR) is 75.3 cm³/mol. The summed E-state index contributed by atoms with van der Waals surface area (Å²) in [5, 5.41) is 0. The van der Waals surface area contributed by atoms with Crippen molar-refractivity contribution in [1.29, 1.82) is 0 Å². The maximum Gasteiger partial charge on any atom is 0.240 e. The van der Waals surface area contributed by atoms with E-state index in [4.69, 9.17) is 10.5 Å². The number of hydrogen-bond acceptors (Lipinski definition) is 4. The summed E-state index contributed by atoms with van der Waals surface area (Å²) in [7, 11) is -1.97. The summed E-state index contributed by atoms with van der Waals surface area (Å²) >= 11 is 0. The first-order valence-corrected chi connectivity index (χ1v) is 7.56. The van der Waals surface area contributed by atoms with Crippen LogP contribution in [0.15, 0.2) is 29.2 Å². The number of nitrogens with one attached hydrogen (secondary N) is 1. The molecule has 0 aliphatic rings. The Kier molecular flexibility index (Phi) is 5.09. The van der Waals surface area contributed by atoms with Gasteiger partial charge in [0.25, 0.3) is 0 Å². The third-order valence-electron chi connectivity index (χ3n) is 2.96. The zero-order valence-corrected chi connectivity index (χ0v) is 12.6. The predicted octanol–water partition coefficient (Wildman–Crippen LogP) is 1.41. The minimum atomic E-state index is -3.52. The average molecular weight is 286 g/mol. The molecule has 0 amide bonds. The fraction of sp³-hybridized carbons (Fsp3) is 0.538. The van der Waals surface area contributed by atoms with Crippen LogP contribution in [0.5, 0.6) is 0 Å². The molecular weight excluding hydrogens is 264 g/mol. The number of nitrogens with two attached hydrogens (primary N) is 1. The zero-order chi connectivity index (χ0) is 14.7. The molecule has 0 fully saturated rings. The Hall–Kier alpha value is -0.950. The molecule has 1 unspecified atom stereocenters. The van der Waals surface area contributed by atoms with Gasteiger partial charge in [-0.05, 0) is 38.5 Å². The highest BCUT2D eigenvalue weighted by Gasteiger charge is 2.21. The maximum absolute atomic E-state index is 12.1. The normalized spacial score (nSPS) is 14.4. The fourth-order valence-corrected chi connectivity index (χ4v) is 2.57. The van der Waals surface area contributed by atoms with E-state index in [2.05, 4.69) is 4.72 Å². The summed E-state index contributed by atoms with van der Waals surface area (Å²) in [6.07, 6.45) is 0. The van der Waals surface area contributed by atoms with Crippen molar-refractivity contribution < 1.29 is 13.2 Å². The molecule has 1 aromatic rings. The van der Waals surface area contributed by atoms with Crippen molar-refractivity contribution in [1.82, 2.24) is 4.72 Å². The van der Waals surface area contributed by atoms with Gasteiger partial charge in [-0.15, -0.1) is 0 Å². The van der Waals surface area contributed by atoms with Gasteiger partial charge in [0.05, 0.1) is 10.5 Å². The van der Waals surface area contributed by atoms with Crippen LogP contribution in [0.1, 0.15) is 32.4 Å². The number of hydrogen-bond donors (Lipinski definition) is 2. The lowest BCUT2D eigenvalue weighted by Crippen LogP contribution is -2.39. The number of methoxy groups -OCH3 is 1. The van der Waals surface area contributed by atoms with Crippen molar-refractivity contribution in [3.63, 3.8) is 0 Å². The van der Waals surface area contributed by atoms with E-state index in [1.54, 1.807) is 31.4 Å². The molecule has 0 spiro atoms. The van der Waals surface area contributed by atoms with Gasteiger partial charge in [-0.3, -0.25) is 0 Å². The topological polar surface area (TPSA) is 81.4 Å². The third kappa shape index (κ3) is 4.58. The van der Waals surface area contributed by atoms with Gasteiger partial charge >= 0.3 is 0 Å². The second-order valence-corrected chi connectivity index (χ2v) is 6.91. The van der Waals surface area contributed by atoms with E-state index in [1.807, 2.05) is 20.8 Å². The van der Waals surface area contributed by atoms with Crippen LogP contribution in [0, 0.1) is 0 Å². The zero-order valence-electron chi connectivity index (χ0n) is 11.8. The van der Waals surface area contributed by atoms with Gasteiger partial charge < -0.3 is 10.5 Å². The molecule has 6 heteroatoms. The first kappa shape index (κ1) is 16.1. The lowest BCUT2D eigenvalue weighted by molar-refractivity contribution is 0.0276. The van der Waals surface area contributed by atoms with Crippen LogP contribution in [0.25, 0.3) is 0 Å². The molecule has 1 rings (SSSR count). The Morgan fingerprint density at radius 2 is 1.84 bits per heavy atom. The average Bonchev–Trinajstić information content (AvgIpc) is 2.37. The third-order valence-corrected chi connectivity index (χ3v) is 4.37. The summed E-state index contributed by atoms with van der Waals surface area (Å²) in [6.45, 7) is 5.69.